The van der Waals surface area contributed by atoms with Crippen LogP contribution in [0.4, 0.5) is 0 Å². The van der Waals surface area contributed by atoms with Crippen molar-refractivity contribution in [3.8, 4) is 5.75 Å². The van der Waals surface area contributed by atoms with E-state index in [2.05, 4.69) is 0 Å². The Balaban J connectivity index is 1.65. The van der Waals surface area contributed by atoms with Crippen molar-refractivity contribution >= 4 is 11.9 Å². The van der Waals surface area contributed by atoms with Crippen LogP contribution in [0.2, 0.25) is 0 Å². The quantitative estimate of drug-likeness (QED) is 0.216. The van der Waals surface area contributed by atoms with Gasteiger partial charge in [0.1, 0.15) is 24.1 Å². The molecule has 0 unspecified atom stereocenters. The lowest BCUT2D eigenvalue weighted by atomic mass is 9.49. The van der Waals surface area contributed by atoms with Gasteiger partial charge in [0.05, 0.1) is 41.9 Å². The Kier molecular flexibility index (Phi) is 7.58. The van der Waals surface area contributed by atoms with Crippen LogP contribution in [0, 0.1) is 16.7 Å². The lowest BCUT2D eigenvalue weighted by molar-refractivity contribution is -0.401. The van der Waals surface area contributed by atoms with E-state index in [1.165, 1.54) is 19.1 Å². The lowest BCUT2D eigenvalue weighted by Crippen LogP contribution is -2.80. The van der Waals surface area contributed by atoms with Gasteiger partial charge in [0.2, 0.25) is 0 Å². The van der Waals surface area contributed by atoms with Crippen molar-refractivity contribution in [1.29, 1.82) is 0 Å². The van der Waals surface area contributed by atoms with Crippen LogP contribution in [0.25, 0.3) is 0 Å². The molecule has 0 bridgehead atoms. The van der Waals surface area contributed by atoms with E-state index in [0.29, 0.717) is 22.3 Å². The van der Waals surface area contributed by atoms with Gasteiger partial charge in [-0.15, -0.1) is 0 Å². The first kappa shape index (κ1) is 32.2. The van der Waals surface area contributed by atoms with E-state index in [0.717, 1.165) is 0 Å². The van der Waals surface area contributed by atoms with Gasteiger partial charge in [-0.1, -0.05) is 25.1 Å². The number of aliphatic hydroxyl groups excluding tert-OH is 2. The average Bonchev–Trinajstić information content (AvgIpc) is 3.21. The highest BCUT2D eigenvalue weighted by Crippen LogP contribution is 2.70. The van der Waals surface area contributed by atoms with Crippen molar-refractivity contribution in [3.63, 3.8) is 0 Å². The maximum absolute atomic E-state index is 13.7. The monoisotopic (exact) mass is 628 g/mol. The number of phenols is 1. The Morgan fingerprint density at radius 3 is 2.31 bits per heavy atom. The largest absolute Gasteiger partial charge is 0.508 e. The minimum Gasteiger partial charge on any atom is -0.508 e. The molecule has 1 aromatic carbocycles. The molecule has 0 aromatic heterocycles. The van der Waals surface area contributed by atoms with E-state index in [-0.39, 0.29) is 25.2 Å². The number of ether oxygens (including phenoxy) is 5. The molecule has 2 saturated carbocycles. The molecule has 11 atom stereocenters. The molecule has 3 aliphatic carbocycles. The lowest BCUT2D eigenvalue weighted by Gasteiger charge is -2.67. The van der Waals surface area contributed by atoms with E-state index in [9.17, 15) is 30.0 Å². The summed E-state index contributed by atoms with van der Waals surface area (Å²) in [6, 6.07) is 6.37. The Hall–Kier alpha value is -2.80. The smallest absolute Gasteiger partial charge is 0.333 e. The second kappa shape index (κ2) is 10.6. The fourth-order valence-corrected chi connectivity index (χ4v) is 9.06. The second-order valence-electron chi connectivity index (χ2n) is 14.1. The van der Waals surface area contributed by atoms with Gasteiger partial charge in [0, 0.05) is 29.9 Å². The third kappa shape index (κ3) is 4.38. The van der Waals surface area contributed by atoms with Gasteiger partial charge in [-0.2, -0.15) is 0 Å². The molecular formula is C34H44O11. The Labute approximate surface area is 262 Å². The summed E-state index contributed by atoms with van der Waals surface area (Å²) in [7, 11) is 0. The number of carbonyl (C=O) groups excluding carboxylic acids is 2. The number of esters is 2. The summed E-state index contributed by atoms with van der Waals surface area (Å²) in [6.45, 7) is 11.4. The van der Waals surface area contributed by atoms with Crippen molar-refractivity contribution < 1.29 is 53.7 Å². The van der Waals surface area contributed by atoms with Crippen molar-refractivity contribution in [3.05, 3.63) is 52.6 Å². The molecule has 4 fully saturated rings. The van der Waals surface area contributed by atoms with Crippen molar-refractivity contribution in [2.45, 2.75) is 115 Å². The first-order valence-electron chi connectivity index (χ1n) is 15.6. The van der Waals surface area contributed by atoms with Gasteiger partial charge in [-0.05, 0) is 64.3 Å². The molecule has 11 nitrogen and oxygen atoms in total. The van der Waals surface area contributed by atoms with Crippen LogP contribution in [0.15, 0.2) is 47.1 Å². The Bertz CT molecular complexity index is 1440. The summed E-state index contributed by atoms with van der Waals surface area (Å²) in [6.07, 6.45) is -5.13. The molecule has 2 heterocycles. The Morgan fingerprint density at radius 1 is 1.09 bits per heavy atom. The second-order valence-corrected chi connectivity index (χ2v) is 14.1. The predicted octanol–water partition coefficient (Wildman–Crippen LogP) is 2.99. The summed E-state index contributed by atoms with van der Waals surface area (Å²) < 4.78 is 32.1. The third-order valence-electron chi connectivity index (χ3n) is 11.4. The fourth-order valence-electron chi connectivity index (χ4n) is 9.06. The summed E-state index contributed by atoms with van der Waals surface area (Å²) in [4.78, 5) is 26.5. The van der Waals surface area contributed by atoms with E-state index >= 15 is 0 Å². The first-order valence-corrected chi connectivity index (χ1v) is 15.6. The average molecular weight is 629 g/mol. The molecule has 6 rings (SSSR count). The molecule has 0 radical (unpaired) electrons. The first-order chi connectivity index (χ1) is 21.0. The molecule has 0 amide bonds. The van der Waals surface area contributed by atoms with Gasteiger partial charge in [0.15, 0.2) is 11.9 Å². The third-order valence-corrected chi connectivity index (χ3v) is 11.4. The van der Waals surface area contributed by atoms with Gasteiger partial charge in [-0.3, -0.25) is 4.79 Å². The summed E-state index contributed by atoms with van der Waals surface area (Å²) in [5.41, 5.74) is -3.97. The van der Waals surface area contributed by atoms with Crippen LogP contribution in [0.3, 0.4) is 0 Å². The van der Waals surface area contributed by atoms with Crippen LogP contribution in [-0.4, -0.2) is 86.8 Å². The maximum Gasteiger partial charge on any atom is 0.333 e. The number of rotatable bonds is 5. The highest BCUT2D eigenvalue weighted by molar-refractivity contribution is 5.88. The fraction of sp³-hybridized carbons (Fsp3) is 0.647. The number of allylic oxidation sites excluding steroid dienone is 1. The molecule has 2 aliphatic heterocycles. The number of hydrogen-bond acceptors (Lipinski definition) is 11. The number of aromatic hydroxyl groups is 1. The molecule has 5 aliphatic rings. The molecule has 11 heteroatoms. The van der Waals surface area contributed by atoms with Gasteiger partial charge in [-0.25, -0.2) is 4.79 Å². The number of aliphatic hydroxyl groups is 3. The summed E-state index contributed by atoms with van der Waals surface area (Å²) in [5.74, 6) is -2.05. The molecule has 4 N–H and O–H groups in total. The minimum atomic E-state index is -1.66. The molecular weight excluding hydrogens is 584 g/mol. The molecule has 0 spiro atoms. The number of phenolic OH excluding ortho intramolecular Hbond substituents is 1. The standard InChI is InChI=1S/C34H44O11/c1-8-16(2)29(39)43-28-26-32(7)22(13-23-34(26,15-41-23)45-18(4)35)42-30(19-9-11-20(36)12-10-19)44-27(32)25(38)24-17(3)21(37)14-33(24,28)31(5,6)40/h8-12,21-23,25-28,30,36-38,40H,13-15H2,1-7H3/b16-8+/t21-,22-,23+,25+,26-,27-,28-,30-,32+,33-,34-/m0/s1. The van der Waals surface area contributed by atoms with Crippen molar-refractivity contribution in [2.24, 2.45) is 16.7 Å². The molecule has 1 aromatic rings. The number of benzene rings is 1. The Morgan fingerprint density at radius 2 is 1.76 bits per heavy atom. The van der Waals surface area contributed by atoms with Gasteiger partial charge >= 0.3 is 11.9 Å². The van der Waals surface area contributed by atoms with Crippen LogP contribution >= 0.6 is 0 Å². The zero-order valence-corrected chi connectivity index (χ0v) is 26.8. The maximum atomic E-state index is 13.7. The molecule has 2 saturated heterocycles. The van der Waals surface area contributed by atoms with Crippen LogP contribution in [0.5, 0.6) is 5.75 Å². The van der Waals surface area contributed by atoms with Crippen LogP contribution in [-0.2, 0) is 33.3 Å². The van der Waals surface area contributed by atoms with Crippen molar-refractivity contribution in [1.82, 2.24) is 0 Å². The van der Waals surface area contributed by atoms with Gasteiger partial charge in [0.25, 0.3) is 0 Å². The normalized spacial score (nSPS) is 42.5. The minimum absolute atomic E-state index is 0.00635. The highest BCUT2D eigenvalue weighted by atomic mass is 16.7. The van der Waals surface area contributed by atoms with E-state index in [1.54, 1.807) is 52.8 Å². The molecule has 45 heavy (non-hydrogen) atoms. The number of carbonyl (C=O) groups is 2. The SMILES string of the molecule is C/C=C(\C)C(=O)O[C@H]1[C@@H]2[C@]3(OC(C)=O)CO[C@@H]3C[C@@H]3O[C@H](c4ccc(O)cc4)O[C@@H]([C@H](O)C4=C(C)[C@@H](O)C[C@]41C(C)(C)O)[C@]32C. The van der Waals surface area contributed by atoms with Crippen LogP contribution < -0.4 is 0 Å². The summed E-state index contributed by atoms with van der Waals surface area (Å²) >= 11 is 0. The highest BCUT2D eigenvalue weighted by Gasteiger charge is 2.80. The van der Waals surface area contributed by atoms with E-state index in [1.807, 2.05) is 6.92 Å². The van der Waals surface area contributed by atoms with E-state index in [4.69, 9.17) is 23.7 Å². The van der Waals surface area contributed by atoms with E-state index < -0.39 is 82.8 Å². The predicted molar refractivity (Wildman–Crippen MR) is 158 cm³/mol. The number of fused-ring (bicyclic) bond motifs is 3. The molecule has 246 valence electrons. The van der Waals surface area contributed by atoms with Crippen LogP contribution in [0.1, 0.15) is 73.2 Å². The topological polar surface area (TPSA) is 161 Å². The zero-order valence-electron chi connectivity index (χ0n) is 26.8. The summed E-state index contributed by atoms with van der Waals surface area (Å²) in [5, 5.41) is 46.1. The van der Waals surface area contributed by atoms with Crippen molar-refractivity contribution in [2.75, 3.05) is 6.61 Å². The van der Waals surface area contributed by atoms with Gasteiger partial charge < -0.3 is 44.1 Å². The zero-order chi connectivity index (χ0) is 32.9. The number of hydrogen-bond donors (Lipinski definition) is 4.